The van der Waals surface area contributed by atoms with Crippen LogP contribution in [-0.2, 0) is 17.9 Å². The molecule has 0 bridgehead atoms. The first kappa shape index (κ1) is 21.4. The second-order valence-electron chi connectivity index (χ2n) is 6.48. The highest BCUT2D eigenvalue weighted by atomic mass is 32.2. The number of carbonyl (C=O) groups is 2. The lowest BCUT2D eigenvalue weighted by Crippen LogP contribution is -2.31. The number of carbonyl (C=O) groups excluding carboxylic acids is 2. The number of H-pyrrole nitrogens is 1. The third-order valence-electron chi connectivity index (χ3n) is 4.38. The minimum Gasteiger partial charge on any atom is -0.467 e. The largest absolute Gasteiger partial charge is 0.467 e. The smallest absolute Gasteiger partial charge is 0.343 e. The molecule has 9 nitrogen and oxygen atoms in total. The van der Waals surface area contributed by atoms with Gasteiger partial charge in [0.2, 0.25) is 5.91 Å². The number of aromatic nitrogens is 3. The van der Waals surface area contributed by atoms with Gasteiger partial charge in [-0.05, 0) is 30.7 Å². The van der Waals surface area contributed by atoms with Crippen molar-refractivity contribution < 1.29 is 14.0 Å². The van der Waals surface area contributed by atoms with Gasteiger partial charge in [0.15, 0.2) is 5.16 Å². The number of benzene rings is 1. The van der Waals surface area contributed by atoms with Crippen molar-refractivity contribution in [2.24, 2.45) is 0 Å². The van der Waals surface area contributed by atoms with Crippen molar-refractivity contribution in [2.45, 2.75) is 31.6 Å². The Bertz CT molecular complexity index is 1060. The molecule has 0 radical (unpaired) electrons. The first-order valence-electron chi connectivity index (χ1n) is 9.45. The maximum Gasteiger partial charge on any atom is 0.343 e. The zero-order valence-corrected chi connectivity index (χ0v) is 17.6. The Balaban J connectivity index is 1.67. The molecule has 0 saturated heterocycles. The molecule has 0 spiro atoms. The van der Waals surface area contributed by atoms with Crippen molar-refractivity contribution in [3.8, 4) is 0 Å². The van der Waals surface area contributed by atoms with Crippen LogP contribution in [0.2, 0.25) is 0 Å². The lowest BCUT2D eigenvalue weighted by Gasteiger charge is -2.20. The van der Waals surface area contributed by atoms with Gasteiger partial charge in [0.1, 0.15) is 5.76 Å². The Hall–Kier alpha value is -3.27. The number of aromatic amines is 1. The molecular formula is C20H23N5O4S. The standard InChI is InChI=1S/C20H23N5O4S/c1-3-10-25-19(28)22-23-20(25)30-13-17(26)24(2)16-9-5-4-8-15(16)18(27)21-12-14-7-6-11-29-14/h4-9,11H,3,10,12-13H2,1-2H3,(H,21,27)(H,22,28). The molecule has 3 rings (SSSR count). The van der Waals surface area contributed by atoms with E-state index in [-0.39, 0.29) is 29.8 Å². The summed E-state index contributed by atoms with van der Waals surface area (Å²) in [6.45, 7) is 2.74. The summed E-state index contributed by atoms with van der Waals surface area (Å²) < 4.78 is 6.73. The summed E-state index contributed by atoms with van der Waals surface area (Å²) in [4.78, 5) is 38.6. The van der Waals surface area contributed by atoms with Gasteiger partial charge < -0.3 is 14.6 Å². The van der Waals surface area contributed by atoms with Crippen LogP contribution < -0.4 is 15.9 Å². The molecule has 2 amide bonds. The number of furan rings is 1. The van der Waals surface area contributed by atoms with Gasteiger partial charge >= 0.3 is 5.69 Å². The van der Waals surface area contributed by atoms with E-state index < -0.39 is 0 Å². The Labute approximate surface area is 177 Å². The Morgan fingerprint density at radius 3 is 2.80 bits per heavy atom. The fourth-order valence-electron chi connectivity index (χ4n) is 2.83. The molecule has 3 aromatic rings. The summed E-state index contributed by atoms with van der Waals surface area (Å²) in [5.41, 5.74) is 0.583. The van der Waals surface area contributed by atoms with Crippen molar-refractivity contribution in [3.63, 3.8) is 0 Å². The predicted molar refractivity (Wildman–Crippen MR) is 114 cm³/mol. The molecule has 0 aliphatic carbocycles. The van der Waals surface area contributed by atoms with E-state index in [0.717, 1.165) is 6.42 Å². The fraction of sp³-hybridized carbons (Fsp3) is 0.300. The van der Waals surface area contributed by atoms with Crippen LogP contribution in [-0.4, -0.2) is 39.4 Å². The van der Waals surface area contributed by atoms with Crippen LogP contribution in [0.4, 0.5) is 5.69 Å². The zero-order valence-electron chi connectivity index (χ0n) is 16.8. The van der Waals surface area contributed by atoms with E-state index in [1.807, 2.05) is 6.92 Å². The van der Waals surface area contributed by atoms with Crippen molar-refractivity contribution >= 4 is 29.3 Å². The Morgan fingerprint density at radius 2 is 2.07 bits per heavy atom. The van der Waals surface area contributed by atoms with E-state index in [1.54, 1.807) is 49.7 Å². The fourth-order valence-corrected chi connectivity index (χ4v) is 3.71. The molecule has 158 valence electrons. The lowest BCUT2D eigenvalue weighted by molar-refractivity contribution is -0.115. The van der Waals surface area contributed by atoms with Crippen molar-refractivity contribution in [3.05, 3.63) is 64.5 Å². The van der Waals surface area contributed by atoms with Crippen LogP contribution in [0.15, 0.2) is 57.0 Å². The number of para-hydroxylation sites is 1. The SMILES string of the molecule is CCCn1c(SCC(=O)N(C)c2ccccc2C(=O)NCc2ccco2)n[nH]c1=O. The first-order chi connectivity index (χ1) is 14.5. The highest BCUT2D eigenvalue weighted by molar-refractivity contribution is 7.99. The number of thioether (sulfide) groups is 1. The maximum absolute atomic E-state index is 12.7. The third-order valence-corrected chi connectivity index (χ3v) is 5.34. The summed E-state index contributed by atoms with van der Waals surface area (Å²) in [7, 11) is 1.62. The summed E-state index contributed by atoms with van der Waals surface area (Å²) in [5.74, 6) is 0.189. The van der Waals surface area contributed by atoms with Gasteiger partial charge in [0, 0.05) is 13.6 Å². The number of amides is 2. The topological polar surface area (TPSA) is 113 Å². The maximum atomic E-state index is 12.7. The van der Waals surface area contributed by atoms with Gasteiger partial charge in [-0.25, -0.2) is 9.89 Å². The molecule has 2 heterocycles. The van der Waals surface area contributed by atoms with Crippen LogP contribution in [0.3, 0.4) is 0 Å². The first-order valence-corrected chi connectivity index (χ1v) is 10.4. The molecule has 0 aliphatic heterocycles. The number of hydrogen-bond donors (Lipinski definition) is 2. The van der Waals surface area contributed by atoms with E-state index in [2.05, 4.69) is 15.5 Å². The van der Waals surface area contributed by atoms with Gasteiger partial charge in [-0.1, -0.05) is 30.8 Å². The molecule has 1 aromatic carbocycles. The minimum absolute atomic E-state index is 0.0762. The van der Waals surface area contributed by atoms with E-state index in [1.165, 1.54) is 21.2 Å². The third kappa shape index (κ3) is 5.01. The molecule has 0 aliphatic rings. The van der Waals surface area contributed by atoms with Crippen molar-refractivity contribution in [2.75, 3.05) is 17.7 Å². The van der Waals surface area contributed by atoms with E-state index in [4.69, 9.17) is 4.42 Å². The summed E-state index contributed by atoms with van der Waals surface area (Å²) in [5, 5.41) is 9.64. The van der Waals surface area contributed by atoms with Crippen LogP contribution in [0.5, 0.6) is 0 Å². The highest BCUT2D eigenvalue weighted by Gasteiger charge is 2.20. The molecule has 0 unspecified atom stereocenters. The zero-order chi connectivity index (χ0) is 21.5. The predicted octanol–water partition coefficient (Wildman–Crippen LogP) is 2.26. The molecule has 2 aromatic heterocycles. The summed E-state index contributed by atoms with van der Waals surface area (Å²) in [6.07, 6.45) is 2.32. The summed E-state index contributed by atoms with van der Waals surface area (Å²) in [6, 6.07) is 10.4. The average molecular weight is 430 g/mol. The molecule has 30 heavy (non-hydrogen) atoms. The molecule has 0 atom stereocenters. The molecule has 0 fully saturated rings. The van der Waals surface area contributed by atoms with E-state index >= 15 is 0 Å². The second-order valence-corrected chi connectivity index (χ2v) is 7.43. The molecular weight excluding hydrogens is 406 g/mol. The van der Waals surface area contributed by atoms with Gasteiger partial charge in [-0.15, -0.1) is 5.10 Å². The van der Waals surface area contributed by atoms with Crippen LogP contribution in [0, 0.1) is 0 Å². The van der Waals surface area contributed by atoms with Gasteiger partial charge in [-0.3, -0.25) is 14.2 Å². The van der Waals surface area contributed by atoms with Gasteiger partial charge in [-0.2, -0.15) is 0 Å². The number of nitrogens with zero attached hydrogens (tertiary/aromatic N) is 3. The second kappa shape index (κ2) is 9.97. The van der Waals surface area contributed by atoms with Crippen LogP contribution >= 0.6 is 11.8 Å². The molecule has 10 heteroatoms. The quantitative estimate of drug-likeness (QED) is 0.505. The lowest BCUT2D eigenvalue weighted by atomic mass is 10.1. The number of nitrogens with one attached hydrogen (secondary N) is 2. The van der Waals surface area contributed by atoms with Gasteiger partial charge in [0.05, 0.1) is 29.8 Å². The molecule has 2 N–H and O–H groups in total. The molecule has 0 saturated carbocycles. The van der Waals surface area contributed by atoms with E-state index in [0.29, 0.717) is 28.7 Å². The average Bonchev–Trinajstić information content (AvgIpc) is 3.40. The van der Waals surface area contributed by atoms with E-state index in [9.17, 15) is 14.4 Å². The van der Waals surface area contributed by atoms with Crippen LogP contribution in [0.1, 0.15) is 29.5 Å². The van der Waals surface area contributed by atoms with Crippen molar-refractivity contribution in [1.29, 1.82) is 0 Å². The Kier molecular flexibility index (Phi) is 7.12. The normalized spacial score (nSPS) is 10.7. The number of hydrogen-bond acceptors (Lipinski definition) is 6. The Morgan fingerprint density at radius 1 is 1.27 bits per heavy atom. The highest BCUT2D eigenvalue weighted by Crippen LogP contribution is 2.22. The number of rotatable bonds is 9. The summed E-state index contributed by atoms with van der Waals surface area (Å²) >= 11 is 1.18. The van der Waals surface area contributed by atoms with Crippen LogP contribution in [0.25, 0.3) is 0 Å². The van der Waals surface area contributed by atoms with Gasteiger partial charge in [0.25, 0.3) is 5.91 Å². The van der Waals surface area contributed by atoms with Crippen molar-refractivity contribution in [1.82, 2.24) is 20.1 Å². The minimum atomic E-state index is -0.307. The number of anilines is 1. The monoisotopic (exact) mass is 429 g/mol.